The molecule has 0 aliphatic carbocycles. The normalized spacial score (nSPS) is 18.2. The smallest absolute Gasteiger partial charge is 0.141 e. The molecule has 0 aromatic carbocycles. The van der Waals surface area contributed by atoms with Crippen molar-refractivity contribution in [2.75, 3.05) is 20.1 Å². The summed E-state index contributed by atoms with van der Waals surface area (Å²) >= 11 is 0. The number of nitrogens with zero attached hydrogens (tertiary/aromatic N) is 2. The Balaban J connectivity index is 1.91. The summed E-state index contributed by atoms with van der Waals surface area (Å²) in [6.45, 7) is 1.98. The van der Waals surface area contributed by atoms with Crippen molar-refractivity contribution in [2.45, 2.75) is 6.10 Å². The van der Waals surface area contributed by atoms with Crippen LogP contribution in [0.1, 0.15) is 0 Å². The maximum absolute atomic E-state index is 5.62. The molecule has 2 rings (SSSR count). The minimum absolute atomic E-state index is 0.315. The summed E-state index contributed by atoms with van der Waals surface area (Å²) in [5, 5.41) is 0. The van der Waals surface area contributed by atoms with E-state index in [9.17, 15) is 0 Å². The highest BCUT2D eigenvalue weighted by atomic mass is 16.5. The summed E-state index contributed by atoms with van der Waals surface area (Å²) in [5.41, 5.74) is 0.526. The summed E-state index contributed by atoms with van der Waals surface area (Å²) in [6, 6.07) is 3.60. The molecule has 1 aromatic heterocycles. The van der Waals surface area contributed by atoms with Gasteiger partial charge in [0.05, 0.1) is 6.20 Å². The number of aromatic nitrogens is 1. The van der Waals surface area contributed by atoms with Crippen LogP contribution in [0.15, 0.2) is 18.3 Å². The van der Waals surface area contributed by atoms with E-state index < -0.39 is 0 Å². The maximum Gasteiger partial charge on any atom is 0.141 e. The van der Waals surface area contributed by atoms with E-state index in [2.05, 4.69) is 16.9 Å². The standard InChI is InChI=1S/C9H11BN2O/c1-12-5-8(6-12)13-7-2-3-9(10)11-4-7/h2-4,8H,5-6H2,1H3. The van der Waals surface area contributed by atoms with Crippen LogP contribution in [-0.4, -0.2) is 44.0 Å². The lowest BCUT2D eigenvalue weighted by Crippen LogP contribution is -2.51. The molecule has 1 aliphatic heterocycles. The zero-order chi connectivity index (χ0) is 9.26. The number of likely N-dealkylation sites (tertiary alicyclic amines) is 1. The number of ether oxygens (including phenoxy) is 1. The fourth-order valence-electron chi connectivity index (χ4n) is 1.37. The third kappa shape index (κ3) is 2.01. The highest BCUT2D eigenvalue weighted by molar-refractivity contribution is 6.30. The van der Waals surface area contributed by atoms with Gasteiger partial charge in [-0.2, -0.15) is 0 Å². The second-order valence-electron chi connectivity index (χ2n) is 3.38. The Labute approximate surface area is 79.1 Å². The van der Waals surface area contributed by atoms with Gasteiger partial charge in [-0.25, -0.2) is 0 Å². The third-order valence-corrected chi connectivity index (χ3v) is 2.09. The average Bonchev–Trinajstić information content (AvgIpc) is 2.06. The van der Waals surface area contributed by atoms with Crippen LogP contribution in [0.5, 0.6) is 5.75 Å². The van der Waals surface area contributed by atoms with Crippen LogP contribution in [0.25, 0.3) is 0 Å². The van der Waals surface area contributed by atoms with Crippen LogP contribution in [0.2, 0.25) is 0 Å². The van der Waals surface area contributed by atoms with Gasteiger partial charge >= 0.3 is 0 Å². The number of pyridine rings is 1. The van der Waals surface area contributed by atoms with Crippen molar-refractivity contribution in [3.63, 3.8) is 0 Å². The SMILES string of the molecule is [B]c1ccc(OC2CN(C)C2)cn1. The first kappa shape index (κ1) is 8.57. The van der Waals surface area contributed by atoms with E-state index in [4.69, 9.17) is 12.6 Å². The van der Waals surface area contributed by atoms with E-state index in [1.165, 1.54) is 0 Å². The minimum Gasteiger partial charge on any atom is -0.486 e. The quantitative estimate of drug-likeness (QED) is 0.568. The van der Waals surface area contributed by atoms with Crippen LogP contribution in [0, 0.1) is 0 Å². The Morgan fingerprint density at radius 3 is 2.85 bits per heavy atom. The number of hydrogen-bond donors (Lipinski definition) is 0. The van der Waals surface area contributed by atoms with Gasteiger partial charge in [0, 0.05) is 13.1 Å². The maximum atomic E-state index is 5.62. The number of hydrogen-bond acceptors (Lipinski definition) is 3. The van der Waals surface area contributed by atoms with Gasteiger partial charge in [-0.3, -0.25) is 9.88 Å². The topological polar surface area (TPSA) is 25.4 Å². The van der Waals surface area contributed by atoms with E-state index in [1.54, 1.807) is 12.3 Å². The monoisotopic (exact) mass is 174 g/mol. The van der Waals surface area contributed by atoms with Crippen molar-refractivity contribution in [1.82, 2.24) is 9.88 Å². The third-order valence-electron chi connectivity index (χ3n) is 2.09. The molecule has 0 N–H and O–H groups in total. The van der Waals surface area contributed by atoms with Gasteiger partial charge < -0.3 is 4.74 Å². The van der Waals surface area contributed by atoms with Crippen LogP contribution >= 0.6 is 0 Å². The predicted octanol–water partition coefficient (Wildman–Crippen LogP) is -0.432. The molecule has 0 unspecified atom stereocenters. The van der Waals surface area contributed by atoms with Crippen LogP contribution in [-0.2, 0) is 0 Å². The lowest BCUT2D eigenvalue weighted by Gasteiger charge is -2.35. The number of rotatable bonds is 2. The summed E-state index contributed by atoms with van der Waals surface area (Å²) in [6.07, 6.45) is 1.98. The molecule has 1 saturated heterocycles. The molecule has 0 amide bonds. The zero-order valence-electron chi connectivity index (χ0n) is 7.60. The molecular formula is C9H11BN2O. The predicted molar refractivity (Wildman–Crippen MR) is 51.5 cm³/mol. The molecule has 1 aromatic rings. The lowest BCUT2D eigenvalue weighted by atomic mass is 10.0. The summed E-state index contributed by atoms with van der Waals surface area (Å²) in [7, 11) is 7.52. The largest absolute Gasteiger partial charge is 0.486 e. The first-order valence-electron chi connectivity index (χ1n) is 4.31. The second kappa shape index (κ2) is 3.38. The molecule has 3 nitrogen and oxygen atoms in total. The van der Waals surface area contributed by atoms with Crippen molar-refractivity contribution in [2.24, 2.45) is 0 Å². The molecule has 1 fully saturated rings. The van der Waals surface area contributed by atoms with E-state index in [1.807, 2.05) is 6.07 Å². The van der Waals surface area contributed by atoms with Crippen molar-refractivity contribution in [3.8, 4) is 5.75 Å². The summed E-state index contributed by atoms with van der Waals surface area (Å²) in [4.78, 5) is 6.15. The highest BCUT2D eigenvalue weighted by Gasteiger charge is 2.24. The van der Waals surface area contributed by atoms with Gasteiger partial charge in [0.2, 0.25) is 0 Å². The first-order chi connectivity index (χ1) is 6.24. The van der Waals surface area contributed by atoms with Crippen molar-refractivity contribution in [1.29, 1.82) is 0 Å². The molecular weight excluding hydrogens is 163 g/mol. The van der Waals surface area contributed by atoms with Gasteiger partial charge in [-0.05, 0) is 24.8 Å². The van der Waals surface area contributed by atoms with Crippen LogP contribution < -0.4 is 10.3 Å². The van der Waals surface area contributed by atoms with E-state index in [0.29, 0.717) is 11.7 Å². The molecule has 2 radical (unpaired) electrons. The molecule has 1 aliphatic rings. The number of likely N-dealkylation sites (N-methyl/N-ethyl adjacent to an activating group) is 1. The second-order valence-corrected chi connectivity index (χ2v) is 3.38. The molecule has 2 heterocycles. The molecule has 0 spiro atoms. The Morgan fingerprint density at radius 1 is 1.54 bits per heavy atom. The Bertz CT molecular complexity index is 282. The van der Waals surface area contributed by atoms with Gasteiger partial charge in [-0.1, -0.05) is 0 Å². The highest BCUT2D eigenvalue weighted by Crippen LogP contribution is 2.14. The molecule has 0 saturated carbocycles. The molecule has 13 heavy (non-hydrogen) atoms. The van der Waals surface area contributed by atoms with E-state index in [-0.39, 0.29) is 0 Å². The molecule has 4 heteroatoms. The fraction of sp³-hybridized carbons (Fsp3) is 0.444. The molecule has 0 atom stereocenters. The Kier molecular flexibility index (Phi) is 2.23. The van der Waals surface area contributed by atoms with Crippen LogP contribution in [0.3, 0.4) is 0 Å². The van der Waals surface area contributed by atoms with Crippen LogP contribution in [0.4, 0.5) is 0 Å². The van der Waals surface area contributed by atoms with Gasteiger partial charge in [-0.15, -0.1) is 0 Å². The summed E-state index contributed by atoms with van der Waals surface area (Å²) in [5.74, 6) is 0.798. The molecule has 0 bridgehead atoms. The molecule has 66 valence electrons. The Morgan fingerprint density at radius 2 is 2.31 bits per heavy atom. The van der Waals surface area contributed by atoms with Gasteiger partial charge in [0.25, 0.3) is 0 Å². The fourth-order valence-corrected chi connectivity index (χ4v) is 1.37. The van der Waals surface area contributed by atoms with E-state index >= 15 is 0 Å². The van der Waals surface area contributed by atoms with Crippen molar-refractivity contribution < 1.29 is 4.74 Å². The average molecular weight is 174 g/mol. The van der Waals surface area contributed by atoms with Crippen molar-refractivity contribution >= 4 is 13.4 Å². The zero-order valence-corrected chi connectivity index (χ0v) is 7.60. The van der Waals surface area contributed by atoms with Gasteiger partial charge in [0.1, 0.15) is 19.7 Å². The lowest BCUT2D eigenvalue weighted by molar-refractivity contribution is 0.0386. The Hall–Kier alpha value is -1.03. The summed E-state index contributed by atoms with van der Waals surface area (Å²) < 4.78 is 5.62. The minimum atomic E-state index is 0.315. The van der Waals surface area contributed by atoms with Gasteiger partial charge in [0.15, 0.2) is 0 Å². The first-order valence-corrected chi connectivity index (χ1v) is 4.31. The van der Waals surface area contributed by atoms with E-state index in [0.717, 1.165) is 18.8 Å². The van der Waals surface area contributed by atoms with Crippen molar-refractivity contribution in [3.05, 3.63) is 18.3 Å².